The Balaban J connectivity index is 2.04. The van der Waals surface area contributed by atoms with Crippen LogP contribution in [0.15, 0.2) is 11.8 Å². The van der Waals surface area contributed by atoms with Gasteiger partial charge in [0.2, 0.25) is 5.91 Å². The van der Waals surface area contributed by atoms with Gasteiger partial charge >= 0.3 is 6.09 Å². The normalized spacial score (nSPS) is 28.1. The summed E-state index contributed by atoms with van der Waals surface area (Å²) in [4.78, 5) is 25.7. The Morgan fingerprint density at radius 2 is 1.83 bits per heavy atom. The summed E-state index contributed by atoms with van der Waals surface area (Å²) in [6, 6.07) is 0.275. The summed E-state index contributed by atoms with van der Waals surface area (Å²) < 4.78 is 5.61. The lowest BCUT2D eigenvalue weighted by molar-refractivity contribution is -0.119. The second kappa shape index (κ2) is 7.58. The first-order valence-electron chi connectivity index (χ1n) is 9.13. The Kier molecular flexibility index (Phi) is 5.94. The fourth-order valence-corrected chi connectivity index (χ4v) is 3.63. The van der Waals surface area contributed by atoms with Crippen LogP contribution in [0.2, 0.25) is 0 Å². The van der Waals surface area contributed by atoms with Gasteiger partial charge in [0, 0.05) is 25.2 Å². The van der Waals surface area contributed by atoms with Crippen LogP contribution in [-0.4, -0.2) is 35.1 Å². The van der Waals surface area contributed by atoms with E-state index < -0.39 is 5.60 Å². The van der Waals surface area contributed by atoms with E-state index in [9.17, 15) is 9.59 Å². The number of carbonyl (C=O) groups is 2. The van der Waals surface area contributed by atoms with Gasteiger partial charge in [0.25, 0.3) is 0 Å². The van der Waals surface area contributed by atoms with Gasteiger partial charge < -0.3 is 10.1 Å². The molecule has 2 amide bonds. The minimum atomic E-state index is -0.480. The first-order valence-corrected chi connectivity index (χ1v) is 9.13. The predicted molar refractivity (Wildman–Crippen MR) is 94.4 cm³/mol. The maximum Gasteiger partial charge on any atom is 0.414 e. The highest BCUT2D eigenvalue weighted by Gasteiger charge is 2.34. The third kappa shape index (κ3) is 5.25. The number of hydrogen-bond donors (Lipinski definition) is 1. The number of amides is 2. The zero-order valence-corrected chi connectivity index (χ0v) is 15.7. The van der Waals surface area contributed by atoms with Crippen LogP contribution in [0, 0.1) is 11.8 Å². The molecular weight excluding hydrogens is 304 g/mol. The Morgan fingerprint density at radius 1 is 1.21 bits per heavy atom. The summed E-state index contributed by atoms with van der Waals surface area (Å²) in [5.74, 6) is 0.881. The van der Waals surface area contributed by atoms with Crippen molar-refractivity contribution in [2.45, 2.75) is 78.4 Å². The number of rotatable bonds is 2. The van der Waals surface area contributed by atoms with Gasteiger partial charge in [0.15, 0.2) is 0 Å². The Labute approximate surface area is 145 Å². The standard InChI is InChI=1S/C19H32N2O3/c1-13-6-11-17(21(12-13)18(23)24-19(3,4)5)15-7-9-16(10-8-15)20-14(2)22/h11,13,15-16H,6-10,12H2,1-5H3,(H,20,22). The fourth-order valence-electron chi connectivity index (χ4n) is 3.63. The molecule has 136 valence electrons. The number of nitrogens with zero attached hydrogens (tertiary/aromatic N) is 1. The van der Waals surface area contributed by atoms with Gasteiger partial charge in [0.1, 0.15) is 5.60 Å². The van der Waals surface area contributed by atoms with Crippen LogP contribution in [0.25, 0.3) is 0 Å². The maximum atomic E-state index is 12.6. The van der Waals surface area contributed by atoms with Crippen molar-refractivity contribution >= 4 is 12.0 Å². The molecule has 0 aromatic rings. The van der Waals surface area contributed by atoms with Gasteiger partial charge in [-0.25, -0.2) is 4.79 Å². The predicted octanol–water partition coefficient (Wildman–Crippen LogP) is 3.84. The van der Waals surface area contributed by atoms with Crippen molar-refractivity contribution in [3.05, 3.63) is 11.8 Å². The van der Waals surface area contributed by atoms with Crippen LogP contribution >= 0.6 is 0 Å². The van der Waals surface area contributed by atoms with Crippen LogP contribution < -0.4 is 5.32 Å². The van der Waals surface area contributed by atoms with E-state index in [4.69, 9.17) is 4.74 Å². The summed E-state index contributed by atoms with van der Waals surface area (Å²) in [5, 5.41) is 3.01. The van der Waals surface area contributed by atoms with Gasteiger partial charge in [0.05, 0.1) is 0 Å². The number of nitrogens with one attached hydrogen (secondary N) is 1. The molecule has 0 aromatic carbocycles. The summed E-state index contributed by atoms with van der Waals surface area (Å²) >= 11 is 0. The molecule has 5 heteroatoms. The SMILES string of the molecule is CC(=O)NC1CCC(C2=CCC(C)CN2C(=O)OC(C)(C)C)CC1. The Morgan fingerprint density at radius 3 is 2.38 bits per heavy atom. The lowest BCUT2D eigenvalue weighted by Crippen LogP contribution is -2.44. The zero-order chi connectivity index (χ0) is 17.9. The van der Waals surface area contributed by atoms with Crippen molar-refractivity contribution in [3.8, 4) is 0 Å². The van der Waals surface area contributed by atoms with Crippen LogP contribution in [0.1, 0.15) is 66.7 Å². The molecule has 1 heterocycles. The molecule has 24 heavy (non-hydrogen) atoms. The number of carbonyl (C=O) groups excluding carboxylic acids is 2. The Hall–Kier alpha value is -1.52. The molecule has 0 spiro atoms. The van der Waals surface area contributed by atoms with Gasteiger partial charge in [-0.05, 0) is 64.7 Å². The molecule has 1 aliphatic carbocycles. The van der Waals surface area contributed by atoms with E-state index in [1.807, 2.05) is 25.7 Å². The zero-order valence-electron chi connectivity index (χ0n) is 15.7. The van der Waals surface area contributed by atoms with Gasteiger partial charge in [-0.1, -0.05) is 13.0 Å². The minimum absolute atomic E-state index is 0.0412. The van der Waals surface area contributed by atoms with Crippen molar-refractivity contribution in [1.29, 1.82) is 0 Å². The molecule has 2 aliphatic rings. The third-order valence-electron chi connectivity index (χ3n) is 4.70. The first kappa shape index (κ1) is 18.8. The smallest absolute Gasteiger partial charge is 0.414 e. The molecule has 1 atom stereocenters. The molecule has 1 aliphatic heterocycles. The molecule has 2 rings (SSSR count). The van der Waals surface area contributed by atoms with Crippen molar-refractivity contribution in [2.24, 2.45) is 11.8 Å². The molecule has 1 N–H and O–H groups in total. The highest BCUT2D eigenvalue weighted by molar-refractivity contribution is 5.73. The Bertz CT molecular complexity index is 499. The molecule has 1 saturated carbocycles. The molecular formula is C19H32N2O3. The van der Waals surface area contributed by atoms with Crippen LogP contribution in [0.3, 0.4) is 0 Å². The average Bonchev–Trinajstić information content (AvgIpc) is 2.46. The lowest BCUT2D eigenvalue weighted by Gasteiger charge is -2.39. The van der Waals surface area contributed by atoms with Gasteiger partial charge in [-0.2, -0.15) is 0 Å². The van der Waals surface area contributed by atoms with E-state index in [-0.39, 0.29) is 18.0 Å². The monoisotopic (exact) mass is 336 g/mol. The second-order valence-electron chi connectivity index (χ2n) is 8.31. The first-order chi connectivity index (χ1) is 11.2. The van der Waals surface area contributed by atoms with Crippen molar-refractivity contribution in [1.82, 2.24) is 10.2 Å². The molecule has 0 radical (unpaired) electrons. The van der Waals surface area contributed by atoms with Crippen molar-refractivity contribution in [2.75, 3.05) is 6.54 Å². The van der Waals surface area contributed by atoms with E-state index >= 15 is 0 Å². The lowest BCUT2D eigenvalue weighted by atomic mass is 9.81. The minimum Gasteiger partial charge on any atom is -0.443 e. The average molecular weight is 336 g/mol. The summed E-state index contributed by atoms with van der Waals surface area (Å²) in [6.45, 7) is 10.2. The number of hydrogen-bond acceptors (Lipinski definition) is 3. The van der Waals surface area contributed by atoms with E-state index in [1.165, 1.54) is 0 Å². The van der Waals surface area contributed by atoms with Crippen LogP contribution in [0.4, 0.5) is 4.79 Å². The number of ether oxygens (including phenoxy) is 1. The largest absolute Gasteiger partial charge is 0.443 e. The molecule has 0 saturated heterocycles. The highest BCUT2D eigenvalue weighted by Crippen LogP contribution is 2.35. The molecule has 0 aromatic heterocycles. The molecule has 0 bridgehead atoms. The molecule has 1 fully saturated rings. The summed E-state index contributed by atoms with van der Waals surface area (Å²) in [5.41, 5.74) is 0.648. The van der Waals surface area contributed by atoms with E-state index in [2.05, 4.69) is 18.3 Å². The quantitative estimate of drug-likeness (QED) is 0.833. The second-order valence-corrected chi connectivity index (χ2v) is 8.31. The summed E-state index contributed by atoms with van der Waals surface area (Å²) in [6.07, 6.45) is 6.96. The van der Waals surface area contributed by atoms with Gasteiger partial charge in [-0.15, -0.1) is 0 Å². The van der Waals surface area contributed by atoms with Crippen LogP contribution in [-0.2, 0) is 9.53 Å². The maximum absolute atomic E-state index is 12.6. The summed E-state index contributed by atoms with van der Waals surface area (Å²) in [7, 11) is 0. The van der Waals surface area contributed by atoms with E-state index in [0.717, 1.165) is 44.3 Å². The van der Waals surface area contributed by atoms with Crippen molar-refractivity contribution < 1.29 is 14.3 Å². The van der Waals surface area contributed by atoms with E-state index in [0.29, 0.717) is 11.8 Å². The highest BCUT2D eigenvalue weighted by atomic mass is 16.6. The van der Waals surface area contributed by atoms with Gasteiger partial charge in [-0.3, -0.25) is 9.69 Å². The molecule has 5 nitrogen and oxygen atoms in total. The topological polar surface area (TPSA) is 58.6 Å². The van der Waals surface area contributed by atoms with E-state index in [1.54, 1.807) is 6.92 Å². The van der Waals surface area contributed by atoms with Crippen LogP contribution in [0.5, 0.6) is 0 Å². The third-order valence-corrected chi connectivity index (χ3v) is 4.70. The number of allylic oxidation sites excluding steroid dienone is 2. The fraction of sp³-hybridized carbons (Fsp3) is 0.789. The molecule has 1 unspecified atom stereocenters. The van der Waals surface area contributed by atoms with Crippen molar-refractivity contribution in [3.63, 3.8) is 0 Å².